The maximum Gasteiger partial charge on any atom is 0.317 e. The molecule has 0 aliphatic carbocycles. The lowest BCUT2D eigenvalue weighted by Crippen LogP contribution is -2.12. The molecule has 9 heavy (non-hydrogen) atoms. The lowest BCUT2D eigenvalue weighted by atomic mass is 11.3. The SMILES string of the molecule is CNC.CO[SiH](C)OC. The van der Waals surface area contributed by atoms with Crippen LogP contribution in [0.3, 0.4) is 0 Å². The molecule has 0 amide bonds. The third-order valence-corrected chi connectivity index (χ3v) is 1.99. The zero-order chi connectivity index (χ0) is 7.70. The van der Waals surface area contributed by atoms with Gasteiger partial charge in [0.15, 0.2) is 0 Å². The minimum absolute atomic E-state index is 1.16. The summed E-state index contributed by atoms with van der Waals surface area (Å²) in [5, 5.41) is 2.75. The van der Waals surface area contributed by atoms with Crippen molar-refractivity contribution in [3.63, 3.8) is 0 Å². The highest BCUT2D eigenvalue weighted by molar-refractivity contribution is 6.42. The topological polar surface area (TPSA) is 30.5 Å². The molecule has 0 aromatic carbocycles. The number of hydrogen-bond acceptors (Lipinski definition) is 3. The Balaban J connectivity index is 0. The smallest absolute Gasteiger partial charge is 0.317 e. The minimum atomic E-state index is -1.16. The quantitative estimate of drug-likeness (QED) is 0.562. The Bertz CT molecular complexity index is 41.9. The number of hydrogen-bond donors (Lipinski definition) is 1. The van der Waals surface area contributed by atoms with Gasteiger partial charge in [0, 0.05) is 14.2 Å². The van der Waals surface area contributed by atoms with E-state index in [1.165, 1.54) is 0 Å². The second-order valence-electron chi connectivity index (χ2n) is 1.54. The Hall–Kier alpha value is 0.0969. The van der Waals surface area contributed by atoms with E-state index >= 15 is 0 Å². The van der Waals surface area contributed by atoms with E-state index in [2.05, 4.69) is 5.32 Å². The fraction of sp³-hybridized carbons (Fsp3) is 1.00. The van der Waals surface area contributed by atoms with Gasteiger partial charge in [-0.05, 0) is 20.6 Å². The minimum Gasteiger partial charge on any atom is -0.400 e. The maximum atomic E-state index is 4.82. The van der Waals surface area contributed by atoms with E-state index in [4.69, 9.17) is 8.85 Å². The van der Waals surface area contributed by atoms with E-state index in [1.807, 2.05) is 20.6 Å². The highest BCUT2D eigenvalue weighted by Gasteiger charge is 1.94. The van der Waals surface area contributed by atoms with Gasteiger partial charge in [0.1, 0.15) is 0 Å². The molecule has 0 aromatic heterocycles. The summed E-state index contributed by atoms with van der Waals surface area (Å²) >= 11 is 0. The summed E-state index contributed by atoms with van der Waals surface area (Å²) in [7, 11) is 5.92. The predicted octanol–water partition coefficient (Wildman–Crippen LogP) is -0.0349. The molecule has 0 aliphatic rings. The Morgan fingerprint density at radius 3 is 1.33 bits per heavy atom. The van der Waals surface area contributed by atoms with Gasteiger partial charge in [-0.3, -0.25) is 0 Å². The highest BCUT2D eigenvalue weighted by Crippen LogP contribution is 1.77. The summed E-state index contributed by atoms with van der Waals surface area (Å²) in [4.78, 5) is 0. The molecule has 0 aromatic rings. The van der Waals surface area contributed by atoms with Crippen LogP contribution < -0.4 is 5.32 Å². The van der Waals surface area contributed by atoms with Gasteiger partial charge < -0.3 is 14.2 Å². The van der Waals surface area contributed by atoms with Crippen molar-refractivity contribution in [1.82, 2.24) is 5.32 Å². The van der Waals surface area contributed by atoms with E-state index in [0.717, 1.165) is 0 Å². The van der Waals surface area contributed by atoms with Crippen molar-refractivity contribution in [2.24, 2.45) is 0 Å². The molecule has 3 nitrogen and oxygen atoms in total. The van der Waals surface area contributed by atoms with Crippen molar-refractivity contribution in [2.75, 3.05) is 28.3 Å². The molecule has 58 valence electrons. The largest absolute Gasteiger partial charge is 0.400 e. The highest BCUT2D eigenvalue weighted by atomic mass is 28.3. The Labute approximate surface area is 59.2 Å². The first-order valence-electron chi connectivity index (χ1n) is 2.87. The second-order valence-corrected chi connectivity index (χ2v) is 3.62. The summed E-state index contributed by atoms with van der Waals surface area (Å²) in [6.45, 7) is 1.97. The molecule has 1 N–H and O–H groups in total. The molecule has 0 fully saturated rings. The number of rotatable bonds is 2. The standard InChI is InChI=1S/C3H10O2Si.C2H7N/c1-4-6(3)5-2;1-3-2/h6H,1-3H3;3H,1-2H3. The van der Waals surface area contributed by atoms with Gasteiger partial charge in [-0.1, -0.05) is 0 Å². The molecule has 0 radical (unpaired) electrons. The van der Waals surface area contributed by atoms with Crippen LogP contribution in [0, 0.1) is 0 Å². The van der Waals surface area contributed by atoms with Crippen LogP contribution in [-0.4, -0.2) is 37.6 Å². The van der Waals surface area contributed by atoms with Crippen molar-refractivity contribution in [2.45, 2.75) is 6.55 Å². The lowest BCUT2D eigenvalue weighted by molar-refractivity contribution is 0.285. The van der Waals surface area contributed by atoms with E-state index in [1.54, 1.807) is 14.2 Å². The molecule has 0 aliphatic heterocycles. The third-order valence-electron chi connectivity index (χ3n) is 0.664. The second kappa shape index (κ2) is 11.0. The van der Waals surface area contributed by atoms with Gasteiger partial charge >= 0.3 is 9.28 Å². The van der Waals surface area contributed by atoms with Gasteiger partial charge in [-0.25, -0.2) is 0 Å². The Morgan fingerprint density at radius 2 is 1.33 bits per heavy atom. The van der Waals surface area contributed by atoms with E-state index in [9.17, 15) is 0 Å². The fourth-order valence-electron chi connectivity index (χ4n) is 0.0962. The molecule has 0 heterocycles. The van der Waals surface area contributed by atoms with Gasteiger partial charge in [0.05, 0.1) is 0 Å². The first-order chi connectivity index (χ1) is 4.22. The van der Waals surface area contributed by atoms with Crippen molar-refractivity contribution < 1.29 is 8.85 Å². The van der Waals surface area contributed by atoms with Gasteiger partial charge in [0.25, 0.3) is 0 Å². The summed E-state index contributed by atoms with van der Waals surface area (Å²) in [6, 6.07) is 0. The van der Waals surface area contributed by atoms with Crippen LogP contribution in [0.5, 0.6) is 0 Å². The maximum absolute atomic E-state index is 4.82. The van der Waals surface area contributed by atoms with Crippen LogP contribution in [0.4, 0.5) is 0 Å². The average Bonchev–Trinajstić information content (AvgIpc) is 1.88. The fourth-order valence-corrected chi connectivity index (χ4v) is 0.289. The van der Waals surface area contributed by atoms with Gasteiger partial charge in [-0.2, -0.15) is 0 Å². The molecule has 0 bridgehead atoms. The van der Waals surface area contributed by atoms with Crippen molar-refractivity contribution in [3.8, 4) is 0 Å². The lowest BCUT2D eigenvalue weighted by Gasteiger charge is -2.00. The van der Waals surface area contributed by atoms with Crippen molar-refractivity contribution >= 4 is 9.28 Å². The first kappa shape index (κ1) is 11.8. The van der Waals surface area contributed by atoms with Gasteiger partial charge in [0.2, 0.25) is 0 Å². The molecule has 0 unspecified atom stereocenters. The molecule has 0 rings (SSSR count). The summed E-state index contributed by atoms with van der Waals surface area (Å²) in [5.74, 6) is 0. The van der Waals surface area contributed by atoms with Crippen LogP contribution in [0.15, 0.2) is 0 Å². The molecule has 4 heteroatoms. The molecule has 0 saturated carbocycles. The molecule has 0 atom stereocenters. The molecular weight excluding hydrogens is 134 g/mol. The van der Waals surface area contributed by atoms with Crippen LogP contribution >= 0.6 is 0 Å². The normalized spacial score (nSPS) is 8.67. The van der Waals surface area contributed by atoms with Crippen molar-refractivity contribution in [1.29, 1.82) is 0 Å². The zero-order valence-electron chi connectivity index (χ0n) is 6.89. The summed E-state index contributed by atoms with van der Waals surface area (Å²) in [6.07, 6.45) is 0. The van der Waals surface area contributed by atoms with E-state index in [-0.39, 0.29) is 0 Å². The average molecular weight is 151 g/mol. The van der Waals surface area contributed by atoms with Crippen LogP contribution in [0.1, 0.15) is 0 Å². The summed E-state index contributed by atoms with van der Waals surface area (Å²) in [5.41, 5.74) is 0. The predicted molar refractivity (Wildman–Crippen MR) is 42.0 cm³/mol. The van der Waals surface area contributed by atoms with E-state index in [0.29, 0.717) is 0 Å². The monoisotopic (exact) mass is 151 g/mol. The molecule has 0 saturated heterocycles. The van der Waals surface area contributed by atoms with Gasteiger partial charge in [-0.15, -0.1) is 0 Å². The van der Waals surface area contributed by atoms with E-state index < -0.39 is 9.28 Å². The van der Waals surface area contributed by atoms with Crippen LogP contribution in [-0.2, 0) is 8.85 Å². The first-order valence-corrected chi connectivity index (χ1v) is 4.96. The molecule has 0 spiro atoms. The van der Waals surface area contributed by atoms with Crippen LogP contribution in [0.25, 0.3) is 0 Å². The zero-order valence-corrected chi connectivity index (χ0v) is 8.05. The van der Waals surface area contributed by atoms with Crippen molar-refractivity contribution in [3.05, 3.63) is 0 Å². The third kappa shape index (κ3) is 17.9. The Morgan fingerprint density at radius 1 is 1.11 bits per heavy atom. The molecular formula is C5H17NO2Si. The Kier molecular flexibility index (Phi) is 14.4. The summed E-state index contributed by atoms with van der Waals surface area (Å²) < 4.78 is 9.63. The number of nitrogens with one attached hydrogen (secondary N) is 1. The van der Waals surface area contributed by atoms with Crippen LogP contribution in [0.2, 0.25) is 6.55 Å².